The van der Waals surface area contributed by atoms with Crippen molar-refractivity contribution in [3.05, 3.63) is 76.1 Å². The minimum atomic E-state index is -0.572. The molecule has 0 fully saturated rings. The molecule has 7 heteroatoms. The van der Waals surface area contributed by atoms with Crippen molar-refractivity contribution >= 4 is 11.8 Å². The van der Waals surface area contributed by atoms with Gasteiger partial charge in [0.2, 0.25) is 0 Å². The third-order valence-electron chi connectivity index (χ3n) is 7.26. The van der Waals surface area contributed by atoms with Crippen LogP contribution in [0.15, 0.2) is 65.0 Å². The molecule has 3 atom stereocenters. The zero-order chi connectivity index (χ0) is 26.7. The van der Waals surface area contributed by atoms with Crippen molar-refractivity contribution in [1.29, 1.82) is 0 Å². The van der Waals surface area contributed by atoms with Gasteiger partial charge in [0.05, 0.1) is 33.0 Å². The van der Waals surface area contributed by atoms with E-state index < -0.39 is 11.9 Å². The van der Waals surface area contributed by atoms with E-state index in [9.17, 15) is 9.59 Å². The molecular formula is C30H35NO6. The molecule has 0 radical (unpaired) electrons. The summed E-state index contributed by atoms with van der Waals surface area (Å²) in [6, 6.07) is 13.4. The highest BCUT2D eigenvalue weighted by molar-refractivity contribution is 6.04. The number of ether oxygens (including phenoxy) is 4. The molecule has 7 nitrogen and oxygen atoms in total. The SMILES string of the molecule is CC[C@H](C)OC(=O)C1=C(C)NC2=C(C(=O)C[C@H](c3ccc(OC)cc3)C2)[C@H]1c1ccc(OC)c(OC)c1. The molecule has 196 valence electrons. The fourth-order valence-corrected chi connectivity index (χ4v) is 5.12. The van der Waals surface area contributed by atoms with Gasteiger partial charge in [0.1, 0.15) is 5.75 Å². The Kier molecular flexibility index (Phi) is 7.91. The lowest BCUT2D eigenvalue weighted by Gasteiger charge is -2.37. The van der Waals surface area contributed by atoms with Crippen LogP contribution in [0.3, 0.4) is 0 Å². The molecule has 0 unspecified atom stereocenters. The number of dihydropyridines is 1. The monoisotopic (exact) mass is 505 g/mol. The summed E-state index contributed by atoms with van der Waals surface area (Å²) in [6.07, 6.45) is 1.46. The van der Waals surface area contributed by atoms with E-state index in [0.717, 1.165) is 22.6 Å². The fourth-order valence-electron chi connectivity index (χ4n) is 5.12. The van der Waals surface area contributed by atoms with E-state index in [1.807, 2.05) is 57.2 Å². The maximum atomic E-state index is 13.8. The van der Waals surface area contributed by atoms with E-state index in [-0.39, 0.29) is 17.8 Å². The Balaban J connectivity index is 1.79. The highest BCUT2D eigenvalue weighted by atomic mass is 16.5. The number of hydrogen-bond donors (Lipinski definition) is 1. The van der Waals surface area contributed by atoms with Crippen LogP contribution < -0.4 is 19.5 Å². The van der Waals surface area contributed by atoms with E-state index in [1.165, 1.54) is 0 Å². The predicted octanol–water partition coefficient (Wildman–Crippen LogP) is 5.42. The maximum absolute atomic E-state index is 13.8. The predicted molar refractivity (Wildman–Crippen MR) is 141 cm³/mol. The van der Waals surface area contributed by atoms with Gasteiger partial charge < -0.3 is 24.3 Å². The van der Waals surface area contributed by atoms with Crippen molar-refractivity contribution in [1.82, 2.24) is 5.32 Å². The molecule has 0 amide bonds. The van der Waals surface area contributed by atoms with Crippen molar-refractivity contribution in [2.45, 2.75) is 58.0 Å². The van der Waals surface area contributed by atoms with Crippen LogP contribution in [0.25, 0.3) is 0 Å². The summed E-state index contributed by atoms with van der Waals surface area (Å²) in [5.41, 5.74) is 4.44. The second-order valence-corrected chi connectivity index (χ2v) is 9.53. The van der Waals surface area contributed by atoms with Gasteiger partial charge >= 0.3 is 5.97 Å². The van der Waals surface area contributed by atoms with E-state index >= 15 is 0 Å². The molecule has 0 bridgehead atoms. The molecule has 0 saturated carbocycles. The van der Waals surface area contributed by atoms with Crippen LogP contribution in [-0.2, 0) is 14.3 Å². The lowest BCUT2D eigenvalue weighted by molar-refractivity contribution is -0.144. The third-order valence-corrected chi connectivity index (χ3v) is 7.26. The molecule has 0 saturated heterocycles. The molecule has 1 N–H and O–H groups in total. The van der Waals surface area contributed by atoms with Crippen molar-refractivity contribution in [3.63, 3.8) is 0 Å². The van der Waals surface area contributed by atoms with Crippen LogP contribution in [0.1, 0.15) is 63.0 Å². The summed E-state index contributed by atoms with van der Waals surface area (Å²) in [6.45, 7) is 5.70. The van der Waals surface area contributed by atoms with Gasteiger partial charge in [-0.15, -0.1) is 0 Å². The first kappa shape index (κ1) is 26.3. The zero-order valence-corrected chi connectivity index (χ0v) is 22.3. The van der Waals surface area contributed by atoms with Gasteiger partial charge in [0.15, 0.2) is 17.3 Å². The summed E-state index contributed by atoms with van der Waals surface area (Å²) >= 11 is 0. The summed E-state index contributed by atoms with van der Waals surface area (Å²) in [7, 11) is 4.78. The second kappa shape index (κ2) is 11.1. The third kappa shape index (κ3) is 5.22. The van der Waals surface area contributed by atoms with Crippen LogP contribution >= 0.6 is 0 Å². The largest absolute Gasteiger partial charge is 0.497 e. The Morgan fingerprint density at radius 2 is 1.65 bits per heavy atom. The molecule has 1 aliphatic carbocycles. The number of methoxy groups -OCH3 is 3. The van der Waals surface area contributed by atoms with Gasteiger partial charge in [-0.3, -0.25) is 4.79 Å². The van der Waals surface area contributed by atoms with Crippen LogP contribution in [0.4, 0.5) is 0 Å². The normalized spacial score (nSPS) is 20.1. The van der Waals surface area contributed by atoms with Crippen molar-refractivity contribution < 1.29 is 28.5 Å². The Morgan fingerprint density at radius 3 is 2.27 bits per heavy atom. The smallest absolute Gasteiger partial charge is 0.337 e. The van der Waals surface area contributed by atoms with E-state index in [0.29, 0.717) is 47.6 Å². The molecule has 4 rings (SSSR count). The quantitative estimate of drug-likeness (QED) is 0.480. The van der Waals surface area contributed by atoms with Crippen molar-refractivity contribution in [2.75, 3.05) is 21.3 Å². The van der Waals surface area contributed by atoms with Crippen LogP contribution in [0.2, 0.25) is 0 Å². The highest BCUT2D eigenvalue weighted by Gasteiger charge is 2.42. The van der Waals surface area contributed by atoms with E-state index in [4.69, 9.17) is 18.9 Å². The Morgan fingerprint density at radius 1 is 0.973 bits per heavy atom. The number of benzene rings is 2. The molecule has 2 aromatic rings. The summed E-state index contributed by atoms with van der Waals surface area (Å²) < 4.78 is 22.0. The Labute approximate surface area is 218 Å². The number of ketones is 1. The minimum Gasteiger partial charge on any atom is -0.497 e. The first-order valence-corrected chi connectivity index (χ1v) is 12.6. The van der Waals surface area contributed by atoms with Crippen LogP contribution in [0.5, 0.6) is 17.2 Å². The van der Waals surface area contributed by atoms with Gasteiger partial charge in [-0.05, 0) is 68.0 Å². The van der Waals surface area contributed by atoms with Gasteiger partial charge in [-0.2, -0.15) is 0 Å². The topological polar surface area (TPSA) is 83.1 Å². The summed E-state index contributed by atoms with van der Waals surface area (Å²) in [5.74, 6) is 0.930. The molecule has 37 heavy (non-hydrogen) atoms. The average molecular weight is 506 g/mol. The number of carbonyl (C=O) groups is 2. The first-order valence-electron chi connectivity index (χ1n) is 12.6. The molecular weight excluding hydrogens is 470 g/mol. The van der Waals surface area contributed by atoms with Gasteiger partial charge in [-0.25, -0.2) is 4.79 Å². The number of rotatable bonds is 8. The number of nitrogens with one attached hydrogen (secondary N) is 1. The fraction of sp³-hybridized carbons (Fsp3) is 0.400. The lowest BCUT2D eigenvalue weighted by atomic mass is 9.71. The molecule has 0 aromatic heterocycles. The minimum absolute atomic E-state index is 0.00990. The molecule has 1 aliphatic heterocycles. The van der Waals surface area contributed by atoms with Crippen LogP contribution in [-0.4, -0.2) is 39.2 Å². The van der Waals surface area contributed by atoms with Gasteiger partial charge in [0.25, 0.3) is 0 Å². The van der Waals surface area contributed by atoms with Crippen LogP contribution in [0, 0.1) is 0 Å². The number of hydrogen-bond acceptors (Lipinski definition) is 7. The number of Topliss-reactive ketones (excluding diaryl/α,β-unsaturated/α-hetero) is 1. The number of carbonyl (C=O) groups excluding carboxylic acids is 2. The second-order valence-electron chi connectivity index (χ2n) is 9.53. The number of allylic oxidation sites excluding steroid dienone is 3. The van der Waals surface area contributed by atoms with Gasteiger partial charge in [0, 0.05) is 29.3 Å². The zero-order valence-electron chi connectivity index (χ0n) is 22.3. The van der Waals surface area contributed by atoms with Crippen molar-refractivity contribution in [3.8, 4) is 17.2 Å². The molecule has 2 aromatic carbocycles. The summed E-state index contributed by atoms with van der Waals surface area (Å²) in [4.78, 5) is 27.2. The highest BCUT2D eigenvalue weighted by Crippen LogP contribution is 2.47. The van der Waals surface area contributed by atoms with E-state index in [1.54, 1.807) is 27.4 Å². The molecule has 0 spiro atoms. The van der Waals surface area contributed by atoms with Crippen molar-refractivity contribution in [2.24, 2.45) is 0 Å². The Bertz CT molecular complexity index is 1240. The molecule has 1 heterocycles. The summed E-state index contributed by atoms with van der Waals surface area (Å²) in [5, 5.41) is 3.40. The van der Waals surface area contributed by atoms with E-state index in [2.05, 4.69) is 5.32 Å². The number of esters is 1. The maximum Gasteiger partial charge on any atom is 0.337 e. The standard InChI is InChI=1S/C30H35NO6/c1-7-17(2)37-30(33)27-18(3)31-23-14-21(19-8-11-22(34-4)12-9-19)15-24(32)29(23)28(27)20-10-13-25(35-5)26(16-20)36-6/h8-13,16-17,21,28,31H,7,14-15H2,1-6H3/t17-,21+,28-/m0/s1. The molecule has 2 aliphatic rings. The Hall–Kier alpha value is -3.74. The van der Waals surface area contributed by atoms with Gasteiger partial charge in [-0.1, -0.05) is 25.1 Å². The lowest BCUT2D eigenvalue weighted by Crippen LogP contribution is -2.36. The first-order chi connectivity index (χ1) is 17.8. The average Bonchev–Trinajstić information content (AvgIpc) is 2.91.